The van der Waals surface area contributed by atoms with E-state index in [2.05, 4.69) is 18.7 Å². The van der Waals surface area contributed by atoms with Crippen molar-refractivity contribution in [2.45, 2.75) is 20.3 Å². The van der Waals surface area contributed by atoms with E-state index < -0.39 is 10.0 Å². The highest BCUT2D eigenvalue weighted by atomic mass is 32.2. The van der Waals surface area contributed by atoms with Gasteiger partial charge in [0.05, 0.1) is 6.26 Å². The first-order valence-corrected chi connectivity index (χ1v) is 7.42. The minimum absolute atomic E-state index is 0.644. The summed E-state index contributed by atoms with van der Waals surface area (Å²) in [5.41, 5.74) is 0. The van der Waals surface area contributed by atoms with E-state index in [-0.39, 0.29) is 0 Å². The van der Waals surface area contributed by atoms with Crippen LogP contribution in [0.15, 0.2) is 0 Å². The Morgan fingerprint density at radius 1 is 1.13 bits per heavy atom. The molecule has 0 aromatic rings. The highest BCUT2D eigenvalue weighted by Gasteiger charge is 2.21. The van der Waals surface area contributed by atoms with Gasteiger partial charge >= 0.3 is 0 Å². The molecule has 0 amide bonds. The summed E-state index contributed by atoms with van der Waals surface area (Å²) in [6, 6.07) is 0. The number of nitrogens with zero attached hydrogens (tertiary/aromatic N) is 2. The first kappa shape index (κ1) is 12.9. The van der Waals surface area contributed by atoms with Crippen molar-refractivity contribution in [1.29, 1.82) is 0 Å². The molecule has 1 aliphatic rings. The second-order valence-corrected chi connectivity index (χ2v) is 6.69. The second kappa shape index (κ2) is 5.27. The fourth-order valence-corrected chi connectivity index (χ4v) is 2.85. The molecule has 15 heavy (non-hydrogen) atoms. The van der Waals surface area contributed by atoms with Crippen LogP contribution in [0, 0.1) is 5.92 Å². The molecule has 1 fully saturated rings. The van der Waals surface area contributed by atoms with Gasteiger partial charge in [0, 0.05) is 26.2 Å². The van der Waals surface area contributed by atoms with Crippen molar-refractivity contribution in [3.63, 3.8) is 0 Å². The molecule has 0 bridgehead atoms. The lowest BCUT2D eigenvalue weighted by atomic mass is 10.2. The summed E-state index contributed by atoms with van der Waals surface area (Å²) in [5.74, 6) is 0.648. The van der Waals surface area contributed by atoms with Gasteiger partial charge in [0.25, 0.3) is 0 Å². The lowest BCUT2D eigenvalue weighted by molar-refractivity contribution is 0.256. The van der Waals surface area contributed by atoms with E-state index in [1.54, 1.807) is 4.31 Å². The molecule has 0 unspecified atom stereocenters. The van der Waals surface area contributed by atoms with Crippen molar-refractivity contribution in [1.82, 2.24) is 9.21 Å². The molecule has 1 aliphatic heterocycles. The van der Waals surface area contributed by atoms with E-state index >= 15 is 0 Å². The van der Waals surface area contributed by atoms with Crippen molar-refractivity contribution >= 4 is 10.0 Å². The first-order valence-electron chi connectivity index (χ1n) is 5.57. The topological polar surface area (TPSA) is 40.6 Å². The predicted octanol–water partition coefficient (Wildman–Crippen LogP) is 0.610. The Kier molecular flexibility index (Phi) is 4.55. The third kappa shape index (κ3) is 4.49. The molecular weight excluding hydrogens is 212 g/mol. The molecule has 5 heteroatoms. The molecule has 0 radical (unpaired) electrons. The minimum Gasteiger partial charge on any atom is -0.302 e. The zero-order valence-corrected chi connectivity index (χ0v) is 10.8. The molecule has 0 spiro atoms. The molecule has 1 saturated heterocycles. The highest BCUT2D eigenvalue weighted by molar-refractivity contribution is 7.88. The van der Waals surface area contributed by atoms with Gasteiger partial charge in [0.15, 0.2) is 0 Å². The molecule has 0 saturated carbocycles. The van der Waals surface area contributed by atoms with Gasteiger partial charge in [-0.3, -0.25) is 0 Å². The summed E-state index contributed by atoms with van der Waals surface area (Å²) in [6.45, 7) is 8.66. The summed E-state index contributed by atoms with van der Waals surface area (Å²) in [5, 5.41) is 0. The van der Waals surface area contributed by atoms with Crippen LogP contribution in [0.4, 0.5) is 0 Å². The van der Waals surface area contributed by atoms with Gasteiger partial charge in [-0.25, -0.2) is 12.7 Å². The zero-order chi connectivity index (χ0) is 11.5. The van der Waals surface area contributed by atoms with Gasteiger partial charge in [-0.15, -0.1) is 0 Å². The van der Waals surface area contributed by atoms with Crippen LogP contribution < -0.4 is 0 Å². The predicted molar refractivity (Wildman–Crippen MR) is 62.3 cm³/mol. The SMILES string of the molecule is CC(C)CN1CCCN(S(C)(=O)=O)CC1. The molecule has 0 aliphatic carbocycles. The van der Waals surface area contributed by atoms with Crippen molar-refractivity contribution in [2.75, 3.05) is 39.0 Å². The fourth-order valence-electron chi connectivity index (χ4n) is 1.98. The van der Waals surface area contributed by atoms with Crippen LogP contribution in [0.3, 0.4) is 0 Å². The molecular formula is C10H22N2O2S. The van der Waals surface area contributed by atoms with Gasteiger partial charge in [-0.2, -0.15) is 0 Å². The summed E-state index contributed by atoms with van der Waals surface area (Å²) >= 11 is 0. The van der Waals surface area contributed by atoms with Crippen LogP contribution in [-0.4, -0.2) is 56.6 Å². The molecule has 0 N–H and O–H groups in total. The van der Waals surface area contributed by atoms with Gasteiger partial charge in [0.2, 0.25) is 10.0 Å². The van der Waals surface area contributed by atoms with Crippen molar-refractivity contribution in [2.24, 2.45) is 5.92 Å². The van der Waals surface area contributed by atoms with Crippen molar-refractivity contribution < 1.29 is 8.42 Å². The smallest absolute Gasteiger partial charge is 0.211 e. The third-order valence-electron chi connectivity index (χ3n) is 2.64. The number of rotatable bonds is 3. The van der Waals surface area contributed by atoms with Crippen molar-refractivity contribution in [3.8, 4) is 0 Å². The van der Waals surface area contributed by atoms with E-state index in [1.807, 2.05) is 0 Å². The normalized spacial score (nSPS) is 21.9. The van der Waals surface area contributed by atoms with Crippen LogP contribution in [0.25, 0.3) is 0 Å². The van der Waals surface area contributed by atoms with Crippen LogP contribution >= 0.6 is 0 Å². The first-order chi connectivity index (χ1) is 6.89. The lowest BCUT2D eigenvalue weighted by Crippen LogP contribution is -2.35. The van der Waals surface area contributed by atoms with E-state index in [9.17, 15) is 8.42 Å². The highest BCUT2D eigenvalue weighted by Crippen LogP contribution is 2.08. The molecule has 1 rings (SSSR count). The summed E-state index contributed by atoms with van der Waals surface area (Å²) < 4.78 is 24.3. The lowest BCUT2D eigenvalue weighted by Gasteiger charge is -2.22. The van der Waals surface area contributed by atoms with Gasteiger partial charge < -0.3 is 4.90 Å². The fraction of sp³-hybridized carbons (Fsp3) is 1.00. The summed E-state index contributed by atoms with van der Waals surface area (Å²) in [4.78, 5) is 2.36. The minimum atomic E-state index is -2.99. The van der Waals surface area contributed by atoms with Crippen LogP contribution in [0.5, 0.6) is 0 Å². The third-order valence-corrected chi connectivity index (χ3v) is 3.94. The Hall–Kier alpha value is -0.130. The standard InChI is InChI=1S/C10H22N2O2S/c1-10(2)9-11-5-4-6-12(8-7-11)15(3,13)14/h10H,4-9H2,1-3H3. The molecule has 1 heterocycles. The van der Waals surface area contributed by atoms with Gasteiger partial charge in [-0.1, -0.05) is 13.8 Å². The van der Waals surface area contributed by atoms with Gasteiger partial charge in [-0.05, 0) is 18.9 Å². The quantitative estimate of drug-likeness (QED) is 0.718. The van der Waals surface area contributed by atoms with Crippen LogP contribution in [0.2, 0.25) is 0 Å². The van der Waals surface area contributed by atoms with E-state index in [4.69, 9.17) is 0 Å². The van der Waals surface area contributed by atoms with Gasteiger partial charge in [0.1, 0.15) is 0 Å². The monoisotopic (exact) mass is 234 g/mol. The van der Waals surface area contributed by atoms with E-state index in [0.717, 1.165) is 26.1 Å². The Morgan fingerprint density at radius 3 is 2.33 bits per heavy atom. The zero-order valence-electron chi connectivity index (χ0n) is 9.94. The maximum Gasteiger partial charge on any atom is 0.211 e. The molecule has 90 valence electrons. The maximum absolute atomic E-state index is 11.4. The molecule has 0 aromatic carbocycles. The van der Waals surface area contributed by atoms with E-state index in [1.165, 1.54) is 6.26 Å². The molecule has 4 nitrogen and oxygen atoms in total. The van der Waals surface area contributed by atoms with Crippen molar-refractivity contribution in [3.05, 3.63) is 0 Å². The second-order valence-electron chi connectivity index (χ2n) is 4.71. The largest absolute Gasteiger partial charge is 0.302 e. The van der Waals surface area contributed by atoms with E-state index in [0.29, 0.717) is 19.0 Å². The Balaban J connectivity index is 2.49. The number of sulfonamides is 1. The average Bonchev–Trinajstić information content (AvgIpc) is 2.27. The molecule has 0 aromatic heterocycles. The van der Waals surface area contributed by atoms with Crippen LogP contribution in [0.1, 0.15) is 20.3 Å². The maximum atomic E-state index is 11.4. The Bertz CT molecular complexity index is 288. The number of hydrogen-bond acceptors (Lipinski definition) is 3. The summed E-state index contributed by atoms with van der Waals surface area (Å²) in [7, 11) is -2.99. The Morgan fingerprint density at radius 2 is 1.80 bits per heavy atom. The summed E-state index contributed by atoms with van der Waals surface area (Å²) in [6.07, 6.45) is 2.24. The van der Waals surface area contributed by atoms with Crippen LogP contribution in [-0.2, 0) is 10.0 Å². The number of hydrogen-bond donors (Lipinski definition) is 0. The molecule has 0 atom stereocenters. The average molecular weight is 234 g/mol. The Labute approximate surface area is 93.3 Å².